The van der Waals surface area contributed by atoms with Crippen LogP contribution in [0.5, 0.6) is 11.5 Å². The highest BCUT2D eigenvalue weighted by Gasteiger charge is 2.20. The standard InChI is InChI=1S/C25H30N4O3S/c26-25(30)27-24-19-5-1-2-6-22(19)33-23(24)7-3-4-10-28-11-13-29(14-12-28)18-8-9-20-21(17-18)32-16-15-31-20/h1-2,5-6,8-9,17H,3-4,7,10-16H2,(H3,26,27,30). The summed E-state index contributed by atoms with van der Waals surface area (Å²) in [4.78, 5) is 17.7. The number of ether oxygens (including phenoxy) is 2. The lowest BCUT2D eigenvalue weighted by molar-refractivity contribution is 0.171. The van der Waals surface area contributed by atoms with Crippen LogP contribution in [0.4, 0.5) is 16.2 Å². The van der Waals surface area contributed by atoms with E-state index in [-0.39, 0.29) is 0 Å². The van der Waals surface area contributed by atoms with Crippen molar-refractivity contribution in [2.45, 2.75) is 19.3 Å². The first-order chi connectivity index (χ1) is 16.2. The van der Waals surface area contributed by atoms with Crippen LogP contribution in [-0.4, -0.2) is 56.9 Å². The second kappa shape index (κ2) is 9.89. The summed E-state index contributed by atoms with van der Waals surface area (Å²) in [6.07, 6.45) is 3.17. The first kappa shape index (κ1) is 21.9. The highest BCUT2D eigenvalue weighted by atomic mass is 32.1. The van der Waals surface area contributed by atoms with Gasteiger partial charge in [-0.2, -0.15) is 0 Å². The van der Waals surface area contributed by atoms with Crippen molar-refractivity contribution in [2.75, 3.05) is 56.2 Å². The van der Waals surface area contributed by atoms with Gasteiger partial charge in [0.1, 0.15) is 13.2 Å². The van der Waals surface area contributed by atoms with Crippen molar-refractivity contribution in [2.24, 2.45) is 5.73 Å². The molecule has 3 aromatic rings. The van der Waals surface area contributed by atoms with Gasteiger partial charge in [-0.3, -0.25) is 4.90 Å². The van der Waals surface area contributed by atoms with E-state index in [2.05, 4.69) is 33.3 Å². The van der Waals surface area contributed by atoms with Gasteiger partial charge in [-0.15, -0.1) is 11.3 Å². The average Bonchev–Trinajstić information content (AvgIpc) is 3.18. The predicted octanol–water partition coefficient (Wildman–Crippen LogP) is 4.31. The SMILES string of the molecule is NC(=O)Nc1c(CCCCN2CCN(c3ccc4c(c3)OCCO4)CC2)sc2ccccc12. The fraction of sp³-hybridized carbons (Fsp3) is 0.400. The molecule has 3 N–H and O–H groups in total. The Labute approximate surface area is 198 Å². The zero-order valence-electron chi connectivity index (χ0n) is 18.7. The number of carbonyl (C=O) groups excluding carboxylic acids is 1. The predicted molar refractivity (Wildman–Crippen MR) is 134 cm³/mol. The lowest BCUT2D eigenvalue weighted by Crippen LogP contribution is -2.46. The van der Waals surface area contributed by atoms with E-state index in [9.17, 15) is 4.79 Å². The van der Waals surface area contributed by atoms with Gasteiger partial charge in [0.25, 0.3) is 0 Å². The van der Waals surface area contributed by atoms with Gasteiger partial charge in [-0.05, 0) is 44.0 Å². The third kappa shape index (κ3) is 5.02. The first-order valence-electron chi connectivity index (χ1n) is 11.6. The van der Waals surface area contributed by atoms with Crippen LogP contribution >= 0.6 is 11.3 Å². The fourth-order valence-electron chi connectivity index (χ4n) is 4.61. The van der Waals surface area contributed by atoms with Crippen molar-refractivity contribution in [3.05, 3.63) is 47.3 Å². The summed E-state index contributed by atoms with van der Waals surface area (Å²) in [5.74, 6) is 1.70. The number of amides is 2. The van der Waals surface area contributed by atoms with E-state index in [1.807, 2.05) is 24.3 Å². The molecule has 5 rings (SSSR count). The Morgan fingerprint density at radius 3 is 2.61 bits per heavy atom. The van der Waals surface area contributed by atoms with E-state index in [0.29, 0.717) is 13.2 Å². The molecule has 0 aliphatic carbocycles. The third-order valence-corrected chi connectivity index (χ3v) is 7.54. The van der Waals surface area contributed by atoms with Crippen LogP contribution < -0.4 is 25.4 Å². The molecule has 1 saturated heterocycles. The number of fused-ring (bicyclic) bond motifs is 2. The number of rotatable bonds is 7. The number of thiophene rings is 1. The molecule has 2 aromatic carbocycles. The number of carbonyl (C=O) groups is 1. The molecule has 7 nitrogen and oxygen atoms in total. The highest BCUT2D eigenvalue weighted by molar-refractivity contribution is 7.19. The Kier molecular flexibility index (Phi) is 6.55. The molecular weight excluding hydrogens is 436 g/mol. The Bertz CT molecular complexity index is 1120. The molecule has 2 amide bonds. The van der Waals surface area contributed by atoms with E-state index < -0.39 is 6.03 Å². The number of nitrogens with zero attached hydrogens (tertiary/aromatic N) is 2. The van der Waals surface area contributed by atoms with E-state index >= 15 is 0 Å². The topological polar surface area (TPSA) is 80.1 Å². The summed E-state index contributed by atoms with van der Waals surface area (Å²) >= 11 is 1.75. The number of hydrogen-bond donors (Lipinski definition) is 2. The lowest BCUT2D eigenvalue weighted by Gasteiger charge is -2.36. The van der Waals surface area contributed by atoms with Crippen molar-refractivity contribution in [3.8, 4) is 11.5 Å². The van der Waals surface area contributed by atoms with Gasteiger partial charge in [0.05, 0.1) is 5.69 Å². The van der Waals surface area contributed by atoms with Crippen LogP contribution in [0.15, 0.2) is 42.5 Å². The Hall–Kier alpha value is -2.97. The third-order valence-electron chi connectivity index (χ3n) is 6.31. The van der Waals surface area contributed by atoms with Crippen molar-refractivity contribution >= 4 is 38.8 Å². The maximum absolute atomic E-state index is 11.5. The highest BCUT2D eigenvalue weighted by Crippen LogP contribution is 2.37. The van der Waals surface area contributed by atoms with Crippen molar-refractivity contribution in [3.63, 3.8) is 0 Å². The van der Waals surface area contributed by atoms with Gasteiger partial charge in [-0.25, -0.2) is 4.79 Å². The number of nitrogens with one attached hydrogen (secondary N) is 1. The molecule has 1 fully saturated rings. The molecule has 0 bridgehead atoms. The molecule has 3 heterocycles. The quantitative estimate of drug-likeness (QED) is 0.507. The van der Waals surface area contributed by atoms with E-state index in [4.69, 9.17) is 15.2 Å². The van der Waals surface area contributed by atoms with Gasteiger partial charge < -0.3 is 25.4 Å². The molecule has 0 unspecified atom stereocenters. The summed E-state index contributed by atoms with van der Waals surface area (Å²) in [6.45, 7) is 6.49. The van der Waals surface area contributed by atoms with E-state index in [1.165, 1.54) is 15.3 Å². The van der Waals surface area contributed by atoms with Crippen molar-refractivity contribution in [1.82, 2.24) is 4.90 Å². The molecule has 0 spiro atoms. The number of aryl methyl sites for hydroxylation is 1. The second-order valence-electron chi connectivity index (χ2n) is 8.50. The van der Waals surface area contributed by atoms with Crippen LogP contribution in [0.2, 0.25) is 0 Å². The number of urea groups is 1. The molecule has 2 aliphatic rings. The molecule has 0 radical (unpaired) electrons. The second-order valence-corrected chi connectivity index (χ2v) is 9.64. The monoisotopic (exact) mass is 466 g/mol. The summed E-state index contributed by atoms with van der Waals surface area (Å²) in [5, 5.41) is 3.92. The van der Waals surface area contributed by atoms with Gasteiger partial charge in [0, 0.05) is 52.9 Å². The Morgan fingerprint density at radius 1 is 1.00 bits per heavy atom. The minimum Gasteiger partial charge on any atom is -0.486 e. The Morgan fingerprint density at radius 2 is 1.79 bits per heavy atom. The van der Waals surface area contributed by atoms with Gasteiger partial charge >= 0.3 is 6.03 Å². The normalized spacial score (nSPS) is 16.2. The first-order valence-corrected chi connectivity index (χ1v) is 12.4. The number of benzene rings is 2. The Balaban J connectivity index is 1.10. The number of nitrogens with two attached hydrogens (primary N) is 1. The number of anilines is 2. The largest absolute Gasteiger partial charge is 0.486 e. The smallest absolute Gasteiger partial charge is 0.316 e. The van der Waals surface area contributed by atoms with Crippen molar-refractivity contribution < 1.29 is 14.3 Å². The zero-order valence-corrected chi connectivity index (χ0v) is 19.5. The summed E-state index contributed by atoms with van der Waals surface area (Å²) in [7, 11) is 0. The van der Waals surface area contributed by atoms with Crippen LogP contribution in [0.25, 0.3) is 10.1 Å². The summed E-state index contributed by atoms with van der Waals surface area (Å²) in [5.41, 5.74) is 7.51. The number of primary amides is 1. The maximum Gasteiger partial charge on any atom is 0.316 e. The molecular formula is C25H30N4O3S. The van der Waals surface area contributed by atoms with E-state index in [0.717, 1.165) is 74.6 Å². The van der Waals surface area contributed by atoms with Crippen LogP contribution in [0.1, 0.15) is 17.7 Å². The molecule has 0 saturated carbocycles. The average molecular weight is 467 g/mol. The summed E-state index contributed by atoms with van der Waals surface area (Å²) in [6, 6.07) is 13.9. The minimum atomic E-state index is -0.504. The number of piperazine rings is 1. The minimum absolute atomic E-state index is 0.504. The molecule has 174 valence electrons. The van der Waals surface area contributed by atoms with Gasteiger partial charge in [-0.1, -0.05) is 18.2 Å². The molecule has 0 atom stereocenters. The van der Waals surface area contributed by atoms with Gasteiger partial charge in [0.2, 0.25) is 0 Å². The zero-order chi connectivity index (χ0) is 22.6. The van der Waals surface area contributed by atoms with Crippen LogP contribution in [-0.2, 0) is 6.42 Å². The molecule has 2 aliphatic heterocycles. The van der Waals surface area contributed by atoms with Crippen molar-refractivity contribution in [1.29, 1.82) is 0 Å². The van der Waals surface area contributed by atoms with Crippen LogP contribution in [0.3, 0.4) is 0 Å². The number of hydrogen-bond acceptors (Lipinski definition) is 6. The molecule has 8 heteroatoms. The lowest BCUT2D eigenvalue weighted by atomic mass is 10.1. The molecule has 1 aromatic heterocycles. The van der Waals surface area contributed by atoms with E-state index in [1.54, 1.807) is 11.3 Å². The maximum atomic E-state index is 11.5. The van der Waals surface area contributed by atoms with Crippen LogP contribution in [0, 0.1) is 0 Å². The summed E-state index contributed by atoms with van der Waals surface area (Å²) < 4.78 is 12.6. The van der Waals surface area contributed by atoms with Gasteiger partial charge in [0.15, 0.2) is 11.5 Å². The molecule has 33 heavy (non-hydrogen) atoms. The number of unbranched alkanes of at least 4 members (excludes halogenated alkanes) is 1. The fourth-order valence-corrected chi connectivity index (χ4v) is 5.81.